The van der Waals surface area contributed by atoms with Crippen LogP contribution < -0.4 is 4.90 Å². The van der Waals surface area contributed by atoms with Gasteiger partial charge in [-0.3, -0.25) is 0 Å². The summed E-state index contributed by atoms with van der Waals surface area (Å²) in [6.45, 7) is 4.56. The highest BCUT2D eigenvalue weighted by Crippen LogP contribution is 2.33. The number of aryl methyl sites for hydroxylation is 1. The highest BCUT2D eigenvalue weighted by atomic mass is 16.5. The minimum atomic E-state index is 0.458. The van der Waals surface area contributed by atoms with Gasteiger partial charge in [-0.15, -0.1) is 10.2 Å². The number of quaternary nitrogens is 1. The van der Waals surface area contributed by atoms with Gasteiger partial charge in [0.05, 0.1) is 13.1 Å². The average Bonchev–Trinajstić information content (AvgIpc) is 3.41. The van der Waals surface area contributed by atoms with Crippen molar-refractivity contribution in [3.05, 3.63) is 84.0 Å². The Balaban J connectivity index is 1.32. The van der Waals surface area contributed by atoms with Crippen molar-refractivity contribution in [1.29, 1.82) is 0 Å². The number of benzene rings is 2. The molecule has 1 aliphatic rings. The van der Waals surface area contributed by atoms with Gasteiger partial charge >= 0.3 is 0 Å². The summed E-state index contributed by atoms with van der Waals surface area (Å²) in [5, 5.41) is 12.8. The Bertz CT molecular complexity index is 1160. The highest BCUT2D eigenvalue weighted by molar-refractivity contribution is 5.77. The lowest BCUT2D eigenvalue weighted by atomic mass is 10.00. The van der Waals surface area contributed by atoms with E-state index < -0.39 is 0 Å². The summed E-state index contributed by atoms with van der Waals surface area (Å²) >= 11 is 0. The summed E-state index contributed by atoms with van der Waals surface area (Å²) in [5.41, 5.74) is 5.18. The third kappa shape index (κ3) is 3.69. The quantitative estimate of drug-likeness (QED) is 0.556. The minimum absolute atomic E-state index is 0.458. The fourth-order valence-corrected chi connectivity index (χ4v) is 3.92. The monoisotopic (exact) mass is 399 g/mol. The van der Waals surface area contributed by atoms with Crippen molar-refractivity contribution in [2.45, 2.75) is 19.9 Å². The maximum atomic E-state index is 6.02. The smallest absolute Gasteiger partial charge is 0.271 e. The van der Waals surface area contributed by atoms with E-state index in [1.807, 2.05) is 37.3 Å². The zero-order valence-corrected chi connectivity index (χ0v) is 16.8. The Morgan fingerprint density at radius 1 is 0.933 bits per heavy atom. The van der Waals surface area contributed by atoms with E-state index in [0.717, 1.165) is 36.3 Å². The first-order valence-electron chi connectivity index (χ1n) is 10.2. The molecule has 1 unspecified atom stereocenters. The zero-order valence-electron chi connectivity index (χ0n) is 16.8. The van der Waals surface area contributed by atoms with Crippen molar-refractivity contribution >= 4 is 5.57 Å². The van der Waals surface area contributed by atoms with Gasteiger partial charge < -0.3 is 13.8 Å². The Morgan fingerprint density at radius 2 is 1.67 bits per heavy atom. The second-order valence-corrected chi connectivity index (χ2v) is 7.56. The summed E-state index contributed by atoms with van der Waals surface area (Å²) in [6.07, 6.45) is 3.37. The molecule has 6 nitrogen and oxygen atoms in total. The van der Waals surface area contributed by atoms with Gasteiger partial charge in [-0.1, -0.05) is 65.8 Å². The van der Waals surface area contributed by atoms with E-state index in [9.17, 15) is 0 Å². The molecule has 0 fully saturated rings. The Kier molecular flexibility index (Phi) is 4.99. The molecule has 0 spiro atoms. The second kappa shape index (κ2) is 8.08. The van der Waals surface area contributed by atoms with E-state index in [1.54, 1.807) is 0 Å². The molecule has 4 aromatic rings. The molecule has 0 saturated heterocycles. The van der Waals surface area contributed by atoms with Crippen LogP contribution in [0, 0.1) is 6.92 Å². The Hall–Kier alpha value is -3.51. The number of rotatable bonds is 5. The fraction of sp³-hybridized carbons (Fsp3) is 0.208. The van der Waals surface area contributed by atoms with E-state index >= 15 is 0 Å². The van der Waals surface area contributed by atoms with Crippen LogP contribution in [-0.2, 0) is 6.54 Å². The summed E-state index contributed by atoms with van der Waals surface area (Å²) in [5.74, 6) is 1.76. The zero-order chi connectivity index (χ0) is 20.3. The van der Waals surface area contributed by atoms with Gasteiger partial charge in [-0.25, -0.2) is 0 Å². The predicted octanol–water partition coefficient (Wildman–Crippen LogP) is 3.57. The highest BCUT2D eigenvalue weighted by Gasteiger charge is 2.24. The van der Waals surface area contributed by atoms with E-state index in [2.05, 4.69) is 51.8 Å². The van der Waals surface area contributed by atoms with E-state index in [1.165, 1.54) is 16.0 Å². The van der Waals surface area contributed by atoms with Gasteiger partial charge in [0.1, 0.15) is 17.0 Å². The van der Waals surface area contributed by atoms with E-state index in [0.29, 0.717) is 24.1 Å². The normalized spacial score (nSPS) is 16.4. The number of aromatic nitrogens is 3. The molecule has 30 heavy (non-hydrogen) atoms. The predicted molar refractivity (Wildman–Crippen MR) is 113 cm³/mol. The molecule has 0 radical (unpaired) electrons. The van der Waals surface area contributed by atoms with E-state index in [-0.39, 0.29) is 0 Å². The van der Waals surface area contributed by atoms with Gasteiger partial charge in [0.15, 0.2) is 6.54 Å². The molecule has 3 heterocycles. The molecule has 2 aromatic carbocycles. The summed E-state index contributed by atoms with van der Waals surface area (Å²) < 4.78 is 11.4. The van der Waals surface area contributed by atoms with Crippen LogP contribution in [0.5, 0.6) is 0 Å². The van der Waals surface area contributed by atoms with Crippen LogP contribution in [0.4, 0.5) is 0 Å². The lowest BCUT2D eigenvalue weighted by molar-refractivity contribution is -0.910. The Morgan fingerprint density at radius 3 is 2.37 bits per heavy atom. The van der Waals surface area contributed by atoms with E-state index in [4.69, 9.17) is 8.94 Å². The van der Waals surface area contributed by atoms with Crippen LogP contribution in [0.3, 0.4) is 0 Å². The molecule has 2 aromatic heterocycles. The summed E-state index contributed by atoms with van der Waals surface area (Å²) in [6, 6.07) is 20.5. The molecule has 150 valence electrons. The lowest BCUT2D eigenvalue weighted by Crippen LogP contribution is -3.11. The number of hydrogen-bond acceptors (Lipinski definition) is 5. The topological polar surface area (TPSA) is 69.4 Å². The van der Waals surface area contributed by atoms with Crippen molar-refractivity contribution in [1.82, 2.24) is 15.4 Å². The standard InChI is InChI=1S/C24H22N4O2/c1-17-22(23(27-30-17)20-10-6-3-7-11-20)24-26-25-21(29-24)16-28-14-12-19(13-15-28)18-8-4-2-5-9-18/h2-12H,13-16H2,1H3/p+1. The first-order valence-corrected chi connectivity index (χ1v) is 10.2. The molecule has 0 aliphatic carbocycles. The summed E-state index contributed by atoms with van der Waals surface area (Å²) in [4.78, 5) is 1.41. The fourth-order valence-electron chi connectivity index (χ4n) is 3.92. The molecule has 0 saturated carbocycles. The average molecular weight is 399 g/mol. The molecule has 5 rings (SSSR count). The maximum Gasteiger partial charge on any atom is 0.271 e. The van der Waals surface area contributed by atoms with Crippen LogP contribution >= 0.6 is 0 Å². The molecule has 0 bridgehead atoms. The van der Waals surface area contributed by atoms with Gasteiger partial charge in [-0.05, 0) is 24.1 Å². The molecular formula is C24H23N4O2+. The molecule has 1 N–H and O–H groups in total. The second-order valence-electron chi connectivity index (χ2n) is 7.56. The van der Waals surface area contributed by atoms with Crippen LogP contribution in [0.15, 0.2) is 75.7 Å². The van der Waals surface area contributed by atoms with Gasteiger partial charge in [0.2, 0.25) is 0 Å². The molecule has 1 aliphatic heterocycles. The number of hydrogen-bond donors (Lipinski definition) is 1. The van der Waals surface area contributed by atoms with Gasteiger partial charge in [0.25, 0.3) is 11.8 Å². The van der Waals surface area contributed by atoms with Crippen LogP contribution in [0.1, 0.15) is 23.6 Å². The van der Waals surface area contributed by atoms with Crippen molar-refractivity contribution in [2.24, 2.45) is 0 Å². The number of nitrogens with one attached hydrogen (secondary N) is 1. The maximum absolute atomic E-state index is 6.02. The lowest BCUT2D eigenvalue weighted by Gasteiger charge is -2.22. The Labute approximate surface area is 174 Å². The molecule has 0 amide bonds. The van der Waals surface area contributed by atoms with Crippen molar-refractivity contribution in [3.8, 4) is 22.7 Å². The largest absolute Gasteiger partial charge is 0.415 e. The SMILES string of the molecule is Cc1onc(-c2ccccc2)c1-c1nnc(C[NH+]2CC=C(c3ccccc3)CC2)o1. The third-order valence-corrected chi connectivity index (χ3v) is 5.52. The van der Waals surface area contributed by atoms with Gasteiger partial charge in [-0.2, -0.15) is 0 Å². The first-order chi connectivity index (χ1) is 14.8. The van der Waals surface area contributed by atoms with Crippen LogP contribution in [-0.4, -0.2) is 28.4 Å². The van der Waals surface area contributed by atoms with Crippen LogP contribution in [0.25, 0.3) is 28.3 Å². The number of nitrogens with zero attached hydrogens (tertiary/aromatic N) is 3. The molecule has 6 heteroatoms. The van der Waals surface area contributed by atoms with Gasteiger partial charge in [0, 0.05) is 12.0 Å². The summed E-state index contributed by atoms with van der Waals surface area (Å²) in [7, 11) is 0. The van der Waals surface area contributed by atoms with Crippen molar-refractivity contribution in [3.63, 3.8) is 0 Å². The van der Waals surface area contributed by atoms with Crippen LogP contribution in [0.2, 0.25) is 0 Å². The third-order valence-electron chi connectivity index (χ3n) is 5.52. The van der Waals surface area contributed by atoms with Crippen molar-refractivity contribution in [2.75, 3.05) is 13.1 Å². The molecular weight excluding hydrogens is 376 g/mol. The first kappa shape index (κ1) is 18.5. The van der Waals surface area contributed by atoms with Crippen molar-refractivity contribution < 1.29 is 13.8 Å². The molecule has 1 atom stereocenters. The minimum Gasteiger partial charge on any atom is -0.415 e.